The van der Waals surface area contributed by atoms with Crippen molar-refractivity contribution in [3.05, 3.63) is 97.2 Å². The number of ether oxygens (including phenoxy) is 4. The molecular formula is C81H142O17P2. The zero-order valence-electron chi connectivity index (χ0n) is 63.1. The van der Waals surface area contributed by atoms with E-state index in [1.54, 1.807) is 0 Å². The molecule has 0 rings (SSSR count). The molecule has 0 aliphatic carbocycles. The highest BCUT2D eigenvalue weighted by Crippen LogP contribution is 2.45. The van der Waals surface area contributed by atoms with Crippen LogP contribution < -0.4 is 0 Å². The number of phosphoric ester groups is 2. The van der Waals surface area contributed by atoms with Crippen molar-refractivity contribution >= 4 is 39.5 Å². The molecule has 0 aromatic heterocycles. The molecule has 17 nitrogen and oxygen atoms in total. The molecule has 0 saturated heterocycles. The van der Waals surface area contributed by atoms with E-state index in [2.05, 4.69) is 125 Å². The van der Waals surface area contributed by atoms with Crippen molar-refractivity contribution in [3.8, 4) is 0 Å². The Kier molecular flexibility index (Phi) is 70.4. The second-order valence-corrected chi connectivity index (χ2v) is 29.2. The Balaban J connectivity index is 5.36. The van der Waals surface area contributed by atoms with Crippen molar-refractivity contribution in [1.82, 2.24) is 0 Å². The van der Waals surface area contributed by atoms with Crippen molar-refractivity contribution in [2.75, 3.05) is 39.6 Å². The fourth-order valence-electron chi connectivity index (χ4n) is 10.5. The third-order valence-electron chi connectivity index (χ3n) is 16.5. The van der Waals surface area contributed by atoms with E-state index in [1.807, 2.05) is 0 Å². The highest BCUT2D eigenvalue weighted by molar-refractivity contribution is 7.47. The molecule has 0 saturated carbocycles. The van der Waals surface area contributed by atoms with Gasteiger partial charge in [-0.3, -0.25) is 37.3 Å². The number of hydrogen-bond acceptors (Lipinski definition) is 15. The number of esters is 4. The number of unbranched alkanes of at least 4 members (excludes halogenated alkanes) is 32. The summed E-state index contributed by atoms with van der Waals surface area (Å²) < 4.78 is 68.5. The predicted octanol–water partition coefficient (Wildman–Crippen LogP) is 22.8. The van der Waals surface area contributed by atoms with E-state index < -0.39 is 97.5 Å². The summed E-state index contributed by atoms with van der Waals surface area (Å²) in [5, 5.41) is 10.6. The van der Waals surface area contributed by atoms with Crippen LogP contribution in [0.25, 0.3) is 0 Å². The first-order valence-electron chi connectivity index (χ1n) is 39.5. The van der Waals surface area contributed by atoms with Crippen LogP contribution >= 0.6 is 15.6 Å². The van der Waals surface area contributed by atoms with Gasteiger partial charge in [0, 0.05) is 25.7 Å². The standard InChI is InChI=1S/C81H142O17P2/c1-5-9-13-17-21-25-29-33-35-36-37-38-40-43-46-50-54-58-62-66-79(84)92-72-77(98-81(86)68-64-60-56-52-48-44-39-34-30-26-22-18-14-10-6-2)74-96-100(89,90)94-70-75(82)69-93-99(87,88)95-73-76(97-80(85)67-63-59-55-51-47-42-32-28-24-20-16-12-8-4)71-91-78(83)65-61-57-53-49-45-41-31-27-23-19-15-11-7-3/h9,13,21-22,25-28,31-35,37-39,75-77,82H,5-8,10-12,14-20,23-24,29-30,36,40-74H2,1-4H3,(H,87,88)(H,89,90)/b13-9-,25-21-,26-22-,31-27-,32-28-,35-33-,38-37-,39-34-. The second-order valence-electron chi connectivity index (χ2n) is 26.3. The van der Waals surface area contributed by atoms with Crippen molar-refractivity contribution in [3.63, 3.8) is 0 Å². The van der Waals surface area contributed by atoms with Crippen LogP contribution in [0.2, 0.25) is 0 Å². The van der Waals surface area contributed by atoms with Gasteiger partial charge in [-0.15, -0.1) is 0 Å². The minimum absolute atomic E-state index is 0.0753. The summed E-state index contributed by atoms with van der Waals surface area (Å²) >= 11 is 0. The van der Waals surface area contributed by atoms with Crippen LogP contribution in [0.3, 0.4) is 0 Å². The molecule has 0 aromatic carbocycles. The summed E-state index contributed by atoms with van der Waals surface area (Å²) in [7, 11) is -9.96. The number of allylic oxidation sites excluding steroid dienone is 16. The molecule has 578 valence electrons. The second kappa shape index (κ2) is 73.3. The van der Waals surface area contributed by atoms with Crippen LogP contribution in [0.1, 0.15) is 336 Å². The smallest absolute Gasteiger partial charge is 0.462 e. The van der Waals surface area contributed by atoms with Crippen LogP contribution in [0.5, 0.6) is 0 Å². The highest BCUT2D eigenvalue weighted by atomic mass is 31.2. The number of aliphatic hydroxyl groups excluding tert-OH is 1. The molecule has 5 atom stereocenters. The molecule has 0 bridgehead atoms. The SMILES string of the molecule is CC/C=C\C/C=C\C/C=C\C/C=C\CCCCCCCCC(=O)OCC(COP(=O)(O)OCC(O)COP(=O)(O)OCC(COC(=O)CCCCCCC/C=C\CCCCCC)OC(=O)CCCCCCC/C=C\CCCCCC)OC(=O)CCCCCCC/C=C\C/C=C\CCCCC. The summed E-state index contributed by atoms with van der Waals surface area (Å²) in [6.07, 6.45) is 76.7. The van der Waals surface area contributed by atoms with Gasteiger partial charge in [-0.2, -0.15) is 0 Å². The first kappa shape index (κ1) is 96.0. The molecule has 100 heavy (non-hydrogen) atoms. The maximum Gasteiger partial charge on any atom is 0.472 e. The van der Waals surface area contributed by atoms with Crippen LogP contribution in [-0.2, 0) is 65.4 Å². The third-order valence-corrected chi connectivity index (χ3v) is 18.4. The molecule has 0 fully saturated rings. The molecule has 0 aliphatic rings. The lowest BCUT2D eigenvalue weighted by Crippen LogP contribution is -2.30. The number of carbonyl (C=O) groups is 4. The Morgan fingerprint density at radius 3 is 0.830 bits per heavy atom. The number of phosphoric acid groups is 2. The fourth-order valence-corrected chi connectivity index (χ4v) is 12.0. The molecule has 3 N–H and O–H groups in total. The van der Waals surface area contributed by atoms with Crippen LogP contribution in [-0.4, -0.2) is 96.7 Å². The molecule has 5 unspecified atom stereocenters. The number of rotatable bonds is 74. The summed E-state index contributed by atoms with van der Waals surface area (Å²) in [6.45, 7) is 4.68. The summed E-state index contributed by atoms with van der Waals surface area (Å²) in [4.78, 5) is 72.9. The minimum Gasteiger partial charge on any atom is -0.462 e. The van der Waals surface area contributed by atoms with Gasteiger partial charge in [-0.1, -0.05) is 260 Å². The van der Waals surface area contributed by atoms with Crippen molar-refractivity contribution in [2.24, 2.45) is 0 Å². The van der Waals surface area contributed by atoms with Gasteiger partial charge in [-0.25, -0.2) is 9.13 Å². The van der Waals surface area contributed by atoms with Gasteiger partial charge < -0.3 is 33.8 Å². The molecule has 0 heterocycles. The van der Waals surface area contributed by atoms with Gasteiger partial charge in [0.15, 0.2) is 12.2 Å². The topological polar surface area (TPSA) is 237 Å². The van der Waals surface area contributed by atoms with E-state index in [0.717, 1.165) is 186 Å². The highest BCUT2D eigenvalue weighted by Gasteiger charge is 2.30. The number of carbonyl (C=O) groups excluding carboxylic acids is 4. The van der Waals surface area contributed by atoms with E-state index >= 15 is 0 Å². The van der Waals surface area contributed by atoms with E-state index in [0.29, 0.717) is 25.7 Å². The molecular weight excluding hydrogens is 1310 g/mol. The third kappa shape index (κ3) is 72.3. The number of aliphatic hydroxyl groups is 1. The normalized spacial score (nSPS) is 14.4. The van der Waals surface area contributed by atoms with Crippen molar-refractivity contribution < 1.29 is 80.2 Å². The average molecular weight is 1450 g/mol. The van der Waals surface area contributed by atoms with Crippen molar-refractivity contribution in [1.29, 1.82) is 0 Å². The summed E-state index contributed by atoms with van der Waals surface area (Å²) in [5.74, 6) is -2.21. The Hall–Kier alpha value is -4.02. The van der Waals surface area contributed by atoms with E-state index in [1.165, 1.54) is 70.6 Å². The Morgan fingerprint density at radius 2 is 0.520 bits per heavy atom. The van der Waals surface area contributed by atoms with E-state index in [-0.39, 0.29) is 25.7 Å². The summed E-state index contributed by atoms with van der Waals surface area (Å²) in [6, 6.07) is 0. The molecule has 19 heteroatoms. The number of hydrogen-bond donors (Lipinski definition) is 3. The lowest BCUT2D eigenvalue weighted by atomic mass is 10.1. The monoisotopic (exact) mass is 1450 g/mol. The van der Waals surface area contributed by atoms with Gasteiger partial charge in [0.1, 0.15) is 19.3 Å². The van der Waals surface area contributed by atoms with Gasteiger partial charge in [0.25, 0.3) is 0 Å². The Morgan fingerprint density at radius 1 is 0.290 bits per heavy atom. The van der Waals surface area contributed by atoms with Gasteiger partial charge in [0.2, 0.25) is 0 Å². The zero-order valence-corrected chi connectivity index (χ0v) is 64.9. The maximum atomic E-state index is 13.1. The first-order chi connectivity index (χ1) is 48.7. The molecule has 0 amide bonds. The molecule has 0 aromatic rings. The minimum atomic E-state index is -4.98. The van der Waals surface area contributed by atoms with Gasteiger partial charge >= 0.3 is 39.5 Å². The zero-order chi connectivity index (χ0) is 73.2. The van der Waals surface area contributed by atoms with Gasteiger partial charge in [0.05, 0.1) is 26.4 Å². The van der Waals surface area contributed by atoms with Crippen LogP contribution in [0.15, 0.2) is 97.2 Å². The summed E-state index contributed by atoms with van der Waals surface area (Å²) in [5.41, 5.74) is 0. The van der Waals surface area contributed by atoms with Crippen LogP contribution in [0.4, 0.5) is 0 Å². The quantitative estimate of drug-likeness (QED) is 0.0169. The Labute approximate surface area is 607 Å². The van der Waals surface area contributed by atoms with Gasteiger partial charge in [-0.05, 0) is 148 Å². The van der Waals surface area contributed by atoms with Crippen LogP contribution in [0, 0.1) is 0 Å². The fraction of sp³-hybridized carbons (Fsp3) is 0.753. The van der Waals surface area contributed by atoms with Crippen molar-refractivity contribution in [2.45, 2.75) is 354 Å². The average Bonchev–Trinajstić information content (AvgIpc) is 0.946. The maximum absolute atomic E-state index is 13.1. The lowest BCUT2D eigenvalue weighted by molar-refractivity contribution is -0.161. The molecule has 0 aliphatic heterocycles. The Bertz CT molecular complexity index is 2270. The predicted molar refractivity (Wildman–Crippen MR) is 409 cm³/mol. The molecule has 0 spiro atoms. The van der Waals surface area contributed by atoms with E-state index in [9.17, 15) is 43.2 Å². The van der Waals surface area contributed by atoms with E-state index in [4.69, 9.17) is 37.0 Å². The lowest BCUT2D eigenvalue weighted by Gasteiger charge is -2.21. The first-order valence-corrected chi connectivity index (χ1v) is 42.5. The largest absolute Gasteiger partial charge is 0.472 e. The molecule has 0 radical (unpaired) electrons.